The second-order valence-corrected chi connectivity index (χ2v) is 7.99. The number of methoxy groups -OCH3 is 2. The Hall–Kier alpha value is -2.31. The van der Waals surface area contributed by atoms with Crippen molar-refractivity contribution in [1.82, 2.24) is 4.90 Å². The summed E-state index contributed by atoms with van der Waals surface area (Å²) in [5.41, 5.74) is 4.98. The smallest absolute Gasteiger partial charge is 0.173 e. The monoisotopic (exact) mass is 427 g/mol. The quantitative estimate of drug-likeness (QED) is 0.585. The van der Waals surface area contributed by atoms with Crippen LogP contribution >= 0.6 is 12.2 Å². The van der Waals surface area contributed by atoms with E-state index in [9.17, 15) is 0 Å². The van der Waals surface area contributed by atoms with Gasteiger partial charge in [-0.15, -0.1) is 0 Å². The Morgan fingerprint density at radius 2 is 2.03 bits per heavy atom. The van der Waals surface area contributed by atoms with Gasteiger partial charge in [-0.25, -0.2) is 0 Å². The Labute approximate surface area is 186 Å². The Kier molecular flexibility index (Phi) is 8.34. The molecule has 1 aliphatic rings. The lowest BCUT2D eigenvalue weighted by Crippen LogP contribution is -2.37. The maximum Gasteiger partial charge on any atom is 0.173 e. The fourth-order valence-electron chi connectivity index (χ4n) is 3.95. The zero-order valence-corrected chi connectivity index (χ0v) is 19.1. The van der Waals surface area contributed by atoms with Crippen molar-refractivity contribution >= 4 is 28.7 Å². The molecule has 6 heteroatoms. The van der Waals surface area contributed by atoms with Gasteiger partial charge in [-0.05, 0) is 60.8 Å². The molecule has 3 rings (SSSR count). The fraction of sp³-hybridized carbons (Fsp3) is 0.458. The minimum Gasteiger partial charge on any atom is -0.495 e. The van der Waals surface area contributed by atoms with Crippen LogP contribution in [0, 0.1) is 0 Å². The number of anilines is 2. The van der Waals surface area contributed by atoms with Crippen molar-refractivity contribution in [3.8, 4) is 5.75 Å². The predicted octanol–water partition coefficient (Wildman–Crippen LogP) is 4.70. The average molecular weight is 428 g/mol. The first-order chi connectivity index (χ1) is 14.7. The van der Waals surface area contributed by atoms with Gasteiger partial charge >= 0.3 is 0 Å². The van der Waals surface area contributed by atoms with E-state index in [0.717, 1.165) is 44.0 Å². The van der Waals surface area contributed by atoms with Crippen LogP contribution in [0.1, 0.15) is 30.9 Å². The van der Waals surface area contributed by atoms with Crippen LogP contribution in [0.2, 0.25) is 0 Å². The van der Waals surface area contributed by atoms with E-state index in [4.69, 9.17) is 21.7 Å². The number of benzene rings is 2. The summed E-state index contributed by atoms with van der Waals surface area (Å²) in [5, 5.41) is 4.01. The minimum atomic E-state index is 0.614. The number of thiocarbonyl (C=S) groups is 1. The van der Waals surface area contributed by atoms with Crippen molar-refractivity contribution < 1.29 is 9.47 Å². The first-order valence-corrected chi connectivity index (χ1v) is 11.1. The summed E-state index contributed by atoms with van der Waals surface area (Å²) in [6.45, 7) is 6.60. The second kappa shape index (κ2) is 11.2. The standard InChI is InChI=1S/C24H33N3O2S/c1-4-13-26-14-7-8-20-17-19(11-12-22(20)26)18-27(15-16-28-2)24(30)25-21-9-5-6-10-23(21)29-3/h5-6,9-12,17H,4,7-8,13-16,18H2,1-3H3,(H,25,30). The predicted molar refractivity (Wildman–Crippen MR) is 129 cm³/mol. The number of nitrogens with one attached hydrogen (secondary N) is 1. The van der Waals surface area contributed by atoms with Gasteiger partial charge < -0.3 is 24.6 Å². The lowest BCUT2D eigenvalue weighted by atomic mass is 9.99. The van der Waals surface area contributed by atoms with Crippen LogP contribution in [-0.2, 0) is 17.7 Å². The minimum absolute atomic E-state index is 0.614. The number of aryl methyl sites for hydroxylation is 1. The molecule has 2 aromatic rings. The first-order valence-electron chi connectivity index (χ1n) is 10.7. The highest BCUT2D eigenvalue weighted by atomic mass is 32.1. The summed E-state index contributed by atoms with van der Waals surface area (Å²) in [6, 6.07) is 14.7. The molecule has 0 fully saturated rings. The molecular formula is C24H33N3O2S. The Morgan fingerprint density at radius 1 is 1.20 bits per heavy atom. The van der Waals surface area contributed by atoms with Crippen molar-refractivity contribution in [2.45, 2.75) is 32.7 Å². The van der Waals surface area contributed by atoms with E-state index in [1.54, 1.807) is 14.2 Å². The first kappa shape index (κ1) is 22.4. The van der Waals surface area contributed by atoms with Crippen LogP contribution in [-0.4, -0.2) is 50.5 Å². The fourth-order valence-corrected chi connectivity index (χ4v) is 4.21. The summed E-state index contributed by atoms with van der Waals surface area (Å²) in [5.74, 6) is 0.774. The van der Waals surface area contributed by atoms with Gasteiger partial charge in [0.1, 0.15) is 5.75 Å². The van der Waals surface area contributed by atoms with Gasteiger partial charge in [0, 0.05) is 39.0 Å². The van der Waals surface area contributed by atoms with Crippen LogP contribution in [0.15, 0.2) is 42.5 Å². The molecule has 30 heavy (non-hydrogen) atoms. The van der Waals surface area contributed by atoms with Crippen molar-refractivity contribution in [2.24, 2.45) is 0 Å². The molecule has 0 aliphatic carbocycles. The molecule has 162 valence electrons. The number of hydrogen-bond acceptors (Lipinski definition) is 4. The van der Waals surface area contributed by atoms with Crippen LogP contribution in [0.3, 0.4) is 0 Å². The maximum atomic E-state index is 5.75. The second-order valence-electron chi connectivity index (χ2n) is 7.60. The summed E-state index contributed by atoms with van der Waals surface area (Å²) < 4.78 is 10.8. The van der Waals surface area contributed by atoms with Crippen molar-refractivity contribution in [3.63, 3.8) is 0 Å². The van der Waals surface area contributed by atoms with Crippen LogP contribution in [0.4, 0.5) is 11.4 Å². The third-order valence-corrected chi connectivity index (χ3v) is 5.79. The van der Waals surface area contributed by atoms with Crippen molar-refractivity contribution in [3.05, 3.63) is 53.6 Å². The van der Waals surface area contributed by atoms with Gasteiger partial charge in [0.2, 0.25) is 0 Å². The van der Waals surface area contributed by atoms with Gasteiger partial charge in [-0.1, -0.05) is 31.2 Å². The van der Waals surface area contributed by atoms with Crippen LogP contribution < -0.4 is 15.0 Å². The average Bonchev–Trinajstić information content (AvgIpc) is 2.77. The number of rotatable bonds is 9. The SMILES string of the molecule is CCCN1CCCc2cc(CN(CCOC)C(=S)Nc3ccccc3OC)ccc21. The molecule has 0 atom stereocenters. The van der Waals surface area contributed by atoms with Gasteiger partial charge in [-0.3, -0.25) is 0 Å². The van der Waals surface area contributed by atoms with Crippen LogP contribution in [0.25, 0.3) is 0 Å². The van der Waals surface area contributed by atoms with E-state index in [1.807, 2.05) is 24.3 Å². The van der Waals surface area contributed by atoms with Gasteiger partial charge in [0.05, 0.1) is 19.4 Å². The third kappa shape index (κ3) is 5.64. The summed E-state index contributed by atoms with van der Waals surface area (Å²) in [4.78, 5) is 4.67. The number of hydrogen-bond donors (Lipinski definition) is 1. The molecule has 2 aromatic carbocycles. The summed E-state index contributed by atoms with van der Waals surface area (Å²) in [6.07, 6.45) is 3.54. The van der Waals surface area contributed by atoms with Crippen molar-refractivity contribution in [2.75, 3.05) is 50.7 Å². The van der Waals surface area contributed by atoms with Crippen LogP contribution in [0.5, 0.6) is 5.75 Å². The number of ether oxygens (including phenoxy) is 2. The highest BCUT2D eigenvalue weighted by Crippen LogP contribution is 2.29. The molecule has 1 aliphatic heterocycles. The molecule has 0 amide bonds. The van der Waals surface area contributed by atoms with Gasteiger partial charge in [0.25, 0.3) is 0 Å². The molecule has 5 nitrogen and oxygen atoms in total. The van der Waals surface area contributed by atoms with E-state index >= 15 is 0 Å². The maximum absolute atomic E-state index is 5.75. The number of para-hydroxylation sites is 2. The normalized spacial score (nSPS) is 13.0. The zero-order valence-electron chi connectivity index (χ0n) is 18.3. The van der Waals surface area contributed by atoms with Gasteiger partial charge in [-0.2, -0.15) is 0 Å². The number of fused-ring (bicyclic) bond motifs is 1. The van der Waals surface area contributed by atoms with E-state index in [2.05, 4.69) is 40.2 Å². The van der Waals surface area contributed by atoms with Crippen molar-refractivity contribution in [1.29, 1.82) is 0 Å². The Morgan fingerprint density at radius 3 is 2.80 bits per heavy atom. The molecule has 0 saturated heterocycles. The third-order valence-electron chi connectivity index (χ3n) is 5.43. The highest BCUT2D eigenvalue weighted by Gasteiger charge is 2.18. The molecule has 0 spiro atoms. The molecule has 0 unspecified atom stereocenters. The molecule has 0 aromatic heterocycles. The van der Waals surface area contributed by atoms with E-state index in [0.29, 0.717) is 11.7 Å². The molecule has 0 radical (unpaired) electrons. The highest BCUT2D eigenvalue weighted by molar-refractivity contribution is 7.80. The topological polar surface area (TPSA) is 37.0 Å². The summed E-state index contributed by atoms with van der Waals surface area (Å²) in [7, 11) is 3.39. The van der Waals surface area contributed by atoms with Gasteiger partial charge in [0.15, 0.2) is 5.11 Å². The Balaban J connectivity index is 1.75. The lowest BCUT2D eigenvalue weighted by Gasteiger charge is -2.32. The Bertz CT molecular complexity index is 843. The summed E-state index contributed by atoms with van der Waals surface area (Å²) >= 11 is 5.75. The molecule has 0 bridgehead atoms. The molecule has 1 heterocycles. The van der Waals surface area contributed by atoms with E-state index < -0.39 is 0 Å². The largest absolute Gasteiger partial charge is 0.495 e. The van der Waals surface area contributed by atoms with E-state index in [1.165, 1.54) is 29.7 Å². The zero-order chi connectivity index (χ0) is 21.3. The number of nitrogens with zero attached hydrogens (tertiary/aromatic N) is 2. The lowest BCUT2D eigenvalue weighted by molar-refractivity contribution is 0.175. The van der Waals surface area contributed by atoms with E-state index in [-0.39, 0.29) is 0 Å². The molecule has 1 N–H and O–H groups in total. The molecular weight excluding hydrogens is 394 g/mol. The molecule has 0 saturated carbocycles.